The van der Waals surface area contributed by atoms with Crippen molar-refractivity contribution in [2.45, 2.75) is 21.7 Å². The van der Waals surface area contributed by atoms with E-state index in [9.17, 15) is 35.1 Å². The van der Waals surface area contributed by atoms with Crippen molar-refractivity contribution in [3.8, 4) is 0 Å². The molecule has 0 aliphatic heterocycles. The normalized spacial score (nSPS) is 22.1. The second-order valence-electron chi connectivity index (χ2n) is 5.16. The van der Waals surface area contributed by atoms with Gasteiger partial charge in [-0.2, -0.15) is 30.7 Å². The van der Waals surface area contributed by atoms with Crippen molar-refractivity contribution in [3.05, 3.63) is 63.6 Å². The van der Waals surface area contributed by atoms with Gasteiger partial charge in [-0.3, -0.25) is 0 Å². The summed E-state index contributed by atoms with van der Waals surface area (Å²) in [6, 6.07) is 5.23. The van der Waals surface area contributed by atoms with Gasteiger partial charge in [-0.05, 0) is 30.0 Å². The van der Waals surface area contributed by atoms with E-state index in [2.05, 4.69) is 31.9 Å². The first-order valence-electron chi connectivity index (χ1n) is 6.61. The molecule has 0 bridgehead atoms. The zero-order valence-electron chi connectivity index (χ0n) is 12.2. The van der Waals surface area contributed by atoms with Crippen molar-refractivity contribution < 1.29 is 35.1 Å². The SMILES string of the molecule is Fc1ccccc1C1(Br)[CH]C(Br)=CC(SC(F)(F)C(F)(F)C(F)(F)F)=C1. The van der Waals surface area contributed by atoms with Gasteiger partial charge in [0, 0.05) is 21.4 Å². The second kappa shape index (κ2) is 7.12. The smallest absolute Gasteiger partial charge is 0.207 e. The molecule has 1 radical (unpaired) electrons. The molecule has 143 valence electrons. The predicted molar refractivity (Wildman–Crippen MR) is 89.9 cm³/mol. The number of hydrogen-bond acceptors (Lipinski definition) is 1. The van der Waals surface area contributed by atoms with Gasteiger partial charge in [0.15, 0.2) is 0 Å². The third kappa shape index (κ3) is 4.14. The molecule has 0 heterocycles. The van der Waals surface area contributed by atoms with E-state index >= 15 is 0 Å². The van der Waals surface area contributed by atoms with Crippen LogP contribution in [0.4, 0.5) is 35.1 Å². The molecular weight excluding hydrogens is 524 g/mol. The molecule has 11 heteroatoms. The van der Waals surface area contributed by atoms with Crippen LogP contribution in [0.15, 0.2) is 45.8 Å². The van der Waals surface area contributed by atoms with Crippen molar-refractivity contribution in [1.82, 2.24) is 0 Å². The Morgan fingerprint density at radius 3 is 2.08 bits per heavy atom. The first-order valence-corrected chi connectivity index (χ1v) is 9.01. The Bertz CT molecular complexity index is 756. The summed E-state index contributed by atoms with van der Waals surface area (Å²) in [6.07, 6.45) is -3.22. The van der Waals surface area contributed by atoms with E-state index in [1.807, 2.05) is 0 Å². The molecule has 0 saturated heterocycles. The summed E-state index contributed by atoms with van der Waals surface area (Å²) < 4.78 is 103. The average molecular weight is 531 g/mol. The molecule has 2 rings (SSSR count). The number of allylic oxidation sites excluding steroid dienone is 3. The maximum absolute atomic E-state index is 14.0. The lowest BCUT2D eigenvalue weighted by Gasteiger charge is -2.31. The van der Waals surface area contributed by atoms with E-state index in [1.54, 1.807) is 0 Å². The van der Waals surface area contributed by atoms with Gasteiger partial charge in [-0.15, -0.1) is 0 Å². The van der Waals surface area contributed by atoms with Crippen molar-refractivity contribution in [2.24, 2.45) is 0 Å². The fourth-order valence-corrected chi connectivity index (χ4v) is 5.04. The Balaban J connectivity index is 2.43. The Morgan fingerprint density at radius 2 is 1.54 bits per heavy atom. The van der Waals surface area contributed by atoms with Gasteiger partial charge < -0.3 is 0 Å². The Morgan fingerprint density at radius 1 is 0.962 bits per heavy atom. The molecule has 0 fully saturated rings. The molecule has 0 nitrogen and oxygen atoms in total. The second-order valence-corrected chi connectivity index (χ2v) is 8.58. The summed E-state index contributed by atoms with van der Waals surface area (Å²) in [4.78, 5) is -0.603. The fraction of sp³-hybridized carbons (Fsp3) is 0.267. The predicted octanol–water partition coefficient (Wildman–Crippen LogP) is 7.32. The van der Waals surface area contributed by atoms with Crippen LogP contribution in [0.2, 0.25) is 0 Å². The lowest BCUT2D eigenvalue weighted by atomic mass is 9.92. The van der Waals surface area contributed by atoms with Crippen molar-refractivity contribution >= 4 is 43.6 Å². The highest BCUT2D eigenvalue weighted by Gasteiger charge is 2.73. The van der Waals surface area contributed by atoms with Crippen LogP contribution in [0.25, 0.3) is 0 Å². The third-order valence-electron chi connectivity index (χ3n) is 3.23. The van der Waals surface area contributed by atoms with Crippen LogP contribution in [0.1, 0.15) is 5.56 Å². The van der Waals surface area contributed by atoms with Crippen molar-refractivity contribution in [3.63, 3.8) is 0 Å². The lowest BCUT2D eigenvalue weighted by molar-refractivity contribution is -0.330. The van der Waals surface area contributed by atoms with Crippen LogP contribution in [0.5, 0.6) is 0 Å². The Hall–Kier alpha value is -0.550. The molecular formula is C15H7Br2F8S. The minimum atomic E-state index is -6.43. The van der Waals surface area contributed by atoms with E-state index < -0.39 is 44.2 Å². The highest BCUT2D eigenvalue weighted by atomic mass is 79.9. The standard InChI is InChI=1S/C15H7Br2F8S/c16-8-5-9(26-15(24,25)13(19,20)14(21,22)23)7-12(17,6-8)10-3-1-2-4-11(10)18/h1-7H. The maximum Gasteiger partial charge on any atom is 0.460 e. The van der Waals surface area contributed by atoms with Crippen LogP contribution in [-0.2, 0) is 4.32 Å². The van der Waals surface area contributed by atoms with E-state index in [1.165, 1.54) is 24.6 Å². The van der Waals surface area contributed by atoms with Gasteiger partial charge in [0.1, 0.15) is 5.82 Å². The maximum atomic E-state index is 14.0. The molecule has 1 unspecified atom stereocenters. The number of rotatable bonds is 4. The van der Waals surface area contributed by atoms with Crippen LogP contribution in [-0.4, -0.2) is 17.4 Å². The molecule has 0 amide bonds. The lowest BCUT2D eigenvalue weighted by Crippen LogP contribution is -2.50. The van der Waals surface area contributed by atoms with E-state index in [0.717, 1.165) is 18.2 Å². The third-order valence-corrected chi connectivity index (χ3v) is 5.56. The first-order chi connectivity index (χ1) is 11.7. The zero-order valence-corrected chi connectivity index (χ0v) is 16.2. The number of alkyl halides is 8. The topological polar surface area (TPSA) is 0 Å². The largest absolute Gasteiger partial charge is 0.460 e. The average Bonchev–Trinajstić information content (AvgIpc) is 2.44. The molecule has 0 aromatic heterocycles. The van der Waals surface area contributed by atoms with Gasteiger partial charge in [-0.1, -0.05) is 50.1 Å². The van der Waals surface area contributed by atoms with Gasteiger partial charge in [0.2, 0.25) is 0 Å². The quantitative estimate of drug-likeness (QED) is 0.290. The highest BCUT2D eigenvalue weighted by molar-refractivity contribution is 9.12. The van der Waals surface area contributed by atoms with Crippen molar-refractivity contribution in [1.29, 1.82) is 0 Å². The molecule has 1 aliphatic carbocycles. The van der Waals surface area contributed by atoms with E-state index in [0.29, 0.717) is 0 Å². The fourth-order valence-electron chi connectivity index (χ4n) is 2.03. The number of benzene rings is 1. The Labute approximate surface area is 164 Å². The molecule has 1 aromatic carbocycles. The number of thioether (sulfide) groups is 1. The minimum absolute atomic E-state index is 0.0333. The minimum Gasteiger partial charge on any atom is -0.207 e. The summed E-state index contributed by atoms with van der Waals surface area (Å²) >= 11 is 5.13. The van der Waals surface area contributed by atoms with Crippen LogP contribution in [0, 0.1) is 12.2 Å². The summed E-state index contributed by atoms with van der Waals surface area (Å²) in [5.74, 6) is -6.98. The summed E-state index contributed by atoms with van der Waals surface area (Å²) in [6.45, 7) is 0. The van der Waals surface area contributed by atoms with Gasteiger partial charge >= 0.3 is 17.4 Å². The summed E-state index contributed by atoms with van der Waals surface area (Å²) in [5.41, 5.74) is -0.0333. The molecule has 1 aromatic rings. The van der Waals surface area contributed by atoms with Gasteiger partial charge in [-0.25, -0.2) is 4.39 Å². The molecule has 1 aliphatic rings. The van der Waals surface area contributed by atoms with Crippen molar-refractivity contribution in [2.75, 3.05) is 0 Å². The molecule has 0 N–H and O–H groups in total. The summed E-state index contributed by atoms with van der Waals surface area (Å²) in [5, 5.41) is -5.47. The zero-order chi connectivity index (χ0) is 20.0. The first kappa shape index (κ1) is 21.7. The van der Waals surface area contributed by atoms with E-state index in [-0.39, 0.29) is 10.0 Å². The van der Waals surface area contributed by atoms with Gasteiger partial charge in [0.25, 0.3) is 0 Å². The molecule has 1 atom stereocenters. The molecule has 26 heavy (non-hydrogen) atoms. The monoisotopic (exact) mass is 529 g/mol. The summed E-state index contributed by atoms with van der Waals surface area (Å²) in [7, 11) is 0. The van der Waals surface area contributed by atoms with Gasteiger partial charge in [0.05, 0.1) is 4.32 Å². The van der Waals surface area contributed by atoms with E-state index in [4.69, 9.17) is 0 Å². The van der Waals surface area contributed by atoms with Crippen LogP contribution in [0.3, 0.4) is 0 Å². The Kier molecular flexibility index (Phi) is 5.96. The number of halogens is 10. The number of hydrogen-bond donors (Lipinski definition) is 0. The van der Waals surface area contributed by atoms with Crippen LogP contribution >= 0.6 is 43.6 Å². The molecule has 0 spiro atoms. The highest BCUT2D eigenvalue weighted by Crippen LogP contribution is 2.56. The van der Waals surface area contributed by atoms with Crippen LogP contribution < -0.4 is 0 Å². The molecule has 0 saturated carbocycles.